The Bertz CT molecular complexity index is 3160. The third-order valence-electron chi connectivity index (χ3n) is 15.2. The van der Waals surface area contributed by atoms with Crippen molar-refractivity contribution in [2.75, 3.05) is 4.90 Å². The van der Waals surface area contributed by atoms with Crippen LogP contribution in [-0.2, 0) is 27.1 Å². The summed E-state index contributed by atoms with van der Waals surface area (Å²) in [4.78, 5) is 18.9. The maximum absolute atomic E-state index is 5.55. The highest BCUT2D eigenvalue weighted by Crippen LogP contribution is 2.47. The first-order valence-electron chi connectivity index (χ1n) is 26.2. The zero-order valence-electron chi connectivity index (χ0n) is 47.1. The highest BCUT2D eigenvalue weighted by molar-refractivity contribution is 6.10. The molecule has 8 rings (SSSR count). The van der Waals surface area contributed by atoms with E-state index in [4.69, 9.17) is 15.0 Å². The number of aromatic nitrogens is 4. The Kier molecular flexibility index (Phi) is 13.2. The second-order valence-corrected chi connectivity index (χ2v) is 26.1. The molecule has 0 fully saturated rings. The molecule has 0 saturated heterocycles. The van der Waals surface area contributed by atoms with E-state index in [0.717, 1.165) is 44.8 Å². The lowest BCUT2D eigenvalue weighted by molar-refractivity contribution is 0.412. The van der Waals surface area contributed by atoms with E-state index in [1.54, 1.807) is 0 Å². The van der Waals surface area contributed by atoms with Crippen molar-refractivity contribution >= 4 is 33.2 Å². The fourth-order valence-corrected chi connectivity index (χ4v) is 9.87. The second-order valence-electron chi connectivity index (χ2n) is 26.1. The first kappa shape index (κ1) is 52.0. The van der Waals surface area contributed by atoms with E-state index in [0.29, 0.717) is 17.5 Å². The van der Waals surface area contributed by atoms with E-state index >= 15 is 0 Å². The minimum absolute atomic E-state index is 0.00554. The van der Waals surface area contributed by atoms with Gasteiger partial charge in [0, 0.05) is 38.8 Å². The van der Waals surface area contributed by atoms with Gasteiger partial charge in [0.1, 0.15) is 0 Å². The standard InChI is InChI=1S/C67H81N5/c1-21-67(20,42(2)3)72(55-34-30-48(38-43(55)4)64(11,12)13)58-37-33-51(71-56-35-31-49(65(14,15)16)39-52(56)53-40-50(66(17,18)19)32-36-57(53)71)41-54(58)61-69-59(44-22-26-46(27-23-44)62(5,6)7)68-60(70-61)45-24-28-47(29-25-45)63(8,9)10/h21-42H,1H2,2-20H3. The number of nitrogens with zero attached hydrogens (tertiary/aromatic N) is 5. The number of aryl methyl sites for hydroxylation is 1. The maximum atomic E-state index is 5.55. The molecule has 374 valence electrons. The van der Waals surface area contributed by atoms with E-state index in [-0.39, 0.29) is 33.0 Å². The number of rotatable bonds is 9. The molecule has 0 bridgehead atoms. The Labute approximate surface area is 432 Å². The number of fused-ring (bicyclic) bond motifs is 3. The van der Waals surface area contributed by atoms with Crippen LogP contribution in [0.1, 0.15) is 158 Å². The predicted molar refractivity (Wildman–Crippen MR) is 311 cm³/mol. The Morgan fingerprint density at radius 2 is 0.819 bits per heavy atom. The molecular formula is C67H81N5. The Morgan fingerprint density at radius 3 is 1.21 bits per heavy atom. The quantitative estimate of drug-likeness (QED) is 0.135. The molecule has 0 aliphatic heterocycles. The van der Waals surface area contributed by atoms with Crippen LogP contribution >= 0.6 is 0 Å². The first-order valence-corrected chi connectivity index (χ1v) is 26.2. The lowest BCUT2D eigenvalue weighted by Crippen LogP contribution is -2.46. The fourth-order valence-electron chi connectivity index (χ4n) is 9.87. The van der Waals surface area contributed by atoms with Crippen LogP contribution in [0.25, 0.3) is 61.7 Å². The average molecular weight is 956 g/mol. The monoisotopic (exact) mass is 956 g/mol. The lowest BCUT2D eigenvalue weighted by Gasteiger charge is -2.45. The smallest absolute Gasteiger partial charge is 0.166 e. The number of anilines is 2. The molecule has 0 spiro atoms. The van der Waals surface area contributed by atoms with Crippen molar-refractivity contribution < 1.29 is 0 Å². The van der Waals surface area contributed by atoms with Crippen LogP contribution in [0.3, 0.4) is 0 Å². The molecule has 0 radical (unpaired) electrons. The molecule has 5 nitrogen and oxygen atoms in total. The van der Waals surface area contributed by atoms with Gasteiger partial charge in [0.05, 0.1) is 22.3 Å². The average Bonchev–Trinajstić information content (AvgIpc) is 3.63. The van der Waals surface area contributed by atoms with Crippen LogP contribution in [-0.4, -0.2) is 25.1 Å². The third kappa shape index (κ3) is 9.93. The third-order valence-corrected chi connectivity index (χ3v) is 15.2. The highest BCUT2D eigenvalue weighted by Gasteiger charge is 2.37. The van der Waals surface area contributed by atoms with Gasteiger partial charge in [-0.15, -0.1) is 6.58 Å². The minimum atomic E-state index is -0.534. The highest BCUT2D eigenvalue weighted by atomic mass is 15.2. The van der Waals surface area contributed by atoms with Crippen molar-refractivity contribution in [1.29, 1.82) is 0 Å². The Hall–Kier alpha value is -6.33. The molecule has 2 aromatic heterocycles. The van der Waals surface area contributed by atoms with E-state index in [2.05, 4.69) is 275 Å². The molecule has 1 atom stereocenters. The molecule has 0 saturated carbocycles. The number of hydrogen-bond acceptors (Lipinski definition) is 4. The molecule has 0 N–H and O–H groups in total. The Morgan fingerprint density at radius 1 is 0.444 bits per heavy atom. The van der Waals surface area contributed by atoms with Crippen LogP contribution in [0.4, 0.5) is 11.4 Å². The Balaban J connectivity index is 1.51. The van der Waals surface area contributed by atoms with Crippen LogP contribution in [0.2, 0.25) is 0 Å². The van der Waals surface area contributed by atoms with Crippen molar-refractivity contribution in [3.8, 4) is 39.9 Å². The summed E-state index contributed by atoms with van der Waals surface area (Å²) < 4.78 is 2.44. The molecule has 5 heteroatoms. The van der Waals surface area contributed by atoms with Crippen LogP contribution in [0.15, 0.2) is 134 Å². The molecule has 6 aromatic carbocycles. The van der Waals surface area contributed by atoms with Crippen molar-refractivity contribution in [1.82, 2.24) is 19.5 Å². The molecule has 2 heterocycles. The first-order chi connectivity index (χ1) is 33.4. The van der Waals surface area contributed by atoms with Crippen molar-refractivity contribution in [3.05, 3.63) is 167 Å². The van der Waals surface area contributed by atoms with Crippen LogP contribution < -0.4 is 4.90 Å². The molecule has 0 amide bonds. The molecule has 0 aliphatic carbocycles. The lowest BCUT2D eigenvalue weighted by atomic mass is 9.83. The van der Waals surface area contributed by atoms with Crippen LogP contribution in [0, 0.1) is 12.8 Å². The summed E-state index contributed by atoms with van der Waals surface area (Å²) in [5, 5.41) is 2.48. The maximum Gasteiger partial charge on any atom is 0.166 e. The second kappa shape index (κ2) is 18.3. The molecule has 0 aliphatic rings. The summed E-state index contributed by atoms with van der Waals surface area (Å²) in [5.41, 5.74) is 15.2. The van der Waals surface area contributed by atoms with E-state index in [1.165, 1.54) is 44.2 Å². The number of hydrogen-bond donors (Lipinski definition) is 0. The summed E-state index contributed by atoms with van der Waals surface area (Å²) in [6.45, 7) is 47.8. The van der Waals surface area contributed by atoms with Gasteiger partial charge in [0.15, 0.2) is 17.5 Å². The van der Waals surface area contributed by atoms with Crippen LogP contribution in [0.5, 0.6) is 0 Å². The fraction of sp³-hybridized carbons (Fsp3) is 0.388. The normalized spacial score (nSPS) is 13.8. The van der Waals surface area contributed by atoms with E-state index in [9.17, 15) is 0 Å². The number of benzene rings is 6. The van der Waals surface area contributed by atoms with Crippen molar-refractivity contribution in [2.24, 2.45) is 5.92 Å². The van der Waals surface area contributed by atoms with Gasteiger partial charge in [-0.2, -0.15) is 0 Å². The van der Waals surface area contributed by atoms with Gasteiger partial charge in [0.2, 0.25) is 0 Å². The summed E-state index contributed by atoms with van der Waals surface area (Å²) in [6, 6.07) is 45.5. The molecular weight excluding hydrogens is 875 g/mol. The molecule has 72 heavy (non-hydrogen) atoms. The zero-order valence-corrected chi connectivity index (χ0v) is 47.1. The summed E-state index contributed by atoms with van der Waals surface area (Å²) >= 11 is 0. The largest absolute Gasteiger partial charge is 0.331 e. The van der Waals surface area contributed by atoms with Gasteiger partial charge in [0.25, 0.3) is 0 Å². The molecule has 1 unspecified atom stereocenters. The minimum Gasteiger partial charge on any atom is -0.331 e. The van der Waals surface area contributed by atoms with Crippen molar-refractivity contribution in [3.63, 3.8) is 0 Å². The van der Waals surface area contributed by atoms with Gasteiger partial charge < -0.3 is 9.47 Å². The summed E-state index contributed by atoms with van der Waals surface area (Å²) in [5.74, 6) is 2.02. The summed E-state index contributed by atoms with van der Waals surface area (Å²) in [6.07, 6.45) is 2.12. The van der Waals surface area contributed by atoms with Gasteiger partial charge in [-0.05, 0) is 129 Å². The SMILES string of the molecule is C=CC(C)(C(C)C)N(c1ccc(C(C)(C)C)cc1C)c1ccc(-n2c3ccc(C(C)(C)C)cc3c3cc(C(C)(C)C)ccc32)cc1-c1nc(-c2ccc(C(C)(C)C)cc2)nc(-c2ccc(C(C)(C)C)cc2)n1. The van der Waals surface area contributed by atoms with E-state index in [1.807, 2.05) is 0 Å². The van der Waals surface area contributed by atoms with Gasteiger partial charge in [-0.25, -0.2) is 15.0 Å². The van der Waals surface area contributed by atoms with Gasteiger partial charge in [-0.3, -0.25) is 0 Å². The van der Waals surface area contributed by atoms with Gasteiger partial charge in [-0.1, -0.05) is 197 Å². The zero-order chi connectivity index (χ0) is 52.7. The van der Waals surface area contributed by atoms with E-state index < -0.39 is 5.54 Å². The summed E-state index contributed by atoms with van der Waals surface area (Å²) in [7, 11) is 0. The molecule has 8 aromatic rings. The van der Waals surface area contributed by atoms with Gasteiger partial charge >= 0.3 is 0 Å². The topological polar surface area (TPSA) is 46.8 Å². The predicted octanol–water partition coefficient (Wildman–Crippen LogP) is 18.5. The van der Waals surface area contributed by atoms with Crippen molar-refractivity contribution in [2.45, 2.75) is 164 Å².